The lowest BCUT2D eigenvalue weighted by Gasteiger charge is -2.10. The molecule has 0 amide bonds. The summed E-state index contributed by atoms with van der Waals surface area (Å²) in [7, 11) is 1.66. The van der Waals surface area contributed by atoms with Crippen molar-refractivity contribution in [3.05, 3.63) is 58.4 Å². The van der Waals surface area contributed by atoms with Gasteiger partial charge in [0.05, 0.1) is 11.6 Å². The molecule has 0 radical (unpaired) electrons. The first kappa shape index (κ1) is 14.6. The highest BCUT2D eigenvalue weighted by Gasteiger charge is 2.14. The summed E-state index contributed by atoms with van der Waals surface area (Å²) in [5.74, 6) is 1.55. The summed E-state index contributed by atoms with van der Waals surface area (Å²) in [6.45, 7) is 0. The van der Waals surface area contributed by atoms with Gasteiger partial charge in [0.2, 0.25) is 0 Å². The zero-order valence-electron chi connectivity index (χ0n) is 11.3. The molecule has 0 spiro atoms. The number of rotatable bonds is 4. The van der Waals surface area contributed by atoms with E-state index < -0.39 is 0 Å². The number of oxazole rings is 1. The van der Waals surface area contributed by atoms with Gasteiger partial charge in [0, 0.05) is 11.2 Å². The van der Waals surface area contributed by atoms with Crippen LogP contribution in [0.2, 0.25) is 0 Å². The van der Waals surface area contributed by atoms with E-state index in [0.717, 1.165) is 32.8 Å². The van der Waals surface area contributed by atoms with Gasteiger partial charge >= 0.3 is 0 Å². The average Bonchev–Trinajstić information content (AvgIpc) is 2.89. The Kier molecular flexibility index (Phi) is 4.31. The van der Waals surface area contributed by atoms with Crippen LogP contribution in [0.1, 0.15) is 16.3 Å². The standard InChI is InChI=1S/C16H13Br2NO2/c1-20-14-7-6-10(8-12(14)18)11(17)9-16-19-13-4-2-3-5-15(13)21-16/h2-8,11H,9H2,1H3. The summed E-state index contributed by atoms with van der Waals surface area (Å²) < 4.78 is 11.9. The fraction of sp³-hybridized carbons (Fsp3) is 0.188. The van der Waals surface area contributed by atoms with Gasteiger partial charge in [0.15, 0.2) is 11.5 Å². The average molecular weight is 411 g/mol. The Hall–Kier alpha value is -1.33. The molecule has 2 aromatic carbocycles. The lowest BCUT2D eigenvalue weighted by molar-refractivity contribution is 0.412. The van der Waals surface area contributed by atoms with E-state index in [1.165, 1.54) is 0 Å². The third-order valence-corrected chi connectivity index (χ3v) is 4.70. The highest BCUT2D eigenvalue weighted by molar-refractivity contribution is 9.10. The Morgan fingerprint density at radius 1 is 1.24 bits per heavy atom. The van der Waals surface area contributed by atoms with Crippen LogP contribution in [0, 0.1) is 0 Å². The third-order valence-electron chi connectivity index (χ3n) is 3.23. The second-order valence-electron chi connectivity index (χ2n) is 4.64. The number of para-hydroxylation sites is 2. The van der Waals surface area contributed by atoms with Crippen molar-refractivity contribution in [3.8, 4) is 5.75 Å². The number of benzene rings is 2. The molecular weight excluding hydrogens is 398 g/mol. The molecule has 0 aliphatic rings. The molecule has 0 saturated carbocycles. The Morgan fingerprint density at radius 2 is 2.05 bits per heavy atom. The molecule has 1 unspecified atom stereocenters. The van der Waals surface area contributed by atoms with Crippen molar-refractivity contribution in [1.82, 2.24) is 4.98 Å². The van der Waals surface area contributed by atoms with Crippen LogP contribution < -0.4 is 4.74 Å². The Labute approximate surface area is 139 Å². The first-order chi connectivity index (χ1) is 10.2. The third kappa shape index (κ3) is 3.14. The van der Waals surface area contributed by atoms with Crippen molar-refractivity contribution in [2.45, 2.75) is 11.2 Å². The van der Waals surface area contributed by atoms with Crippen LogP contribution in [0.5, 0.6) is 5.75 Å². The molecule has 0 fully saturated rings. The number of halogens is 2. The molecule has 0 N–H and O–H groups in total. The lowest BCUT2D eigenvalue weighted by Crippen LogP contribution is -1.96. The Balaban J connectivity index is 1.82. The zero-order chi connectivity index (χ0) is 14.8. The minimum absolute atomic E-state index is 0.132. The number of aromatic nitrogens is 1. The summed E-state index contributed by atoms with van der Waals surface area (Å²) in [4.78, 5) is 4.63. The lowest BCUT2D eigenvalue weighted by atomic mass is 10.1. The summed E-state index contributed by atoms with van der Waals surface area (Å²) in [5.41, 5.74) is 2.86. The fourth-order valence-electron chi connectivity index (χ4n) is 2.16. The van der Waals surface area contributed by atoms with Crippen molar-refractivity contribution in [2.24, 2.45) is 0 Å². The number of methoxy groups -OCH3 is 1. The highest BCUT2D eigenvalue weighted by atomic mass is 79.9. The fourth-order valence-corrected chi connectivity index (χ4v) is 3.28. The van der Waals surface area contributed by atoms with Gasteiger partial charge in [0.25, 0.3) is 0 Å². The maximum atomic E-state index is 5.76. The van der Waals surface area contributed by atoms with Crippen LogP contribution in [0.3, 0.4) is 0 Å². The van der Waals surface area contributed by atoms with E-state index in [9.17, 15) is 0 Å². The number of alkyl halides is 1. The van der Waals surface area contributed by atoms with E-state index in [4.69, 9.17) is 9.15 Å². The molecule has 0 bridgehead atoms. The molecule has 1 heterocycles. The van der Waals surface area contributed by atoms with Crippen LogP contribution in [0.15, 0.2) is 51.4 Å². The molecule has 0 aliphatic heterocycles. The molecular formula is C16H13Br2NO2. The van der Waals surface area contributed by atoms with Crippen LogP contribution in [0.4, 0.5) is 0 Å². The maximum Gasteiger partial charge on any atom is 0.196 e. The number of hydrogen-bond acceptors (Lipinski definition) is 3. The topological polar surface area (TPSA) is 35.3 Å². The van der Waals surface area contributed by atoms with Crippen molar-refractivity contribution in [3.63, 3.8) is 0 Å². The van der Waals surface area contributed by atoms with E-state index in [-0.39, 0.29) is 4.83 Å². The first-order valence-corrected chi connectivity index (χ1v) is 8.20. The van der Waals surface area contributed by atoms with Gasteiger partial charge in [-0.25, -0.2) is 4.98 Å². The molecule has 3 rings (SSSR count). The summed E-state index contributed by atoms with van der Waals surface area (Å²) >= 11 is 7.20. The number of hydrogen-bond donors (Lipinski definition) is 0. The van der Waals surface area contributed by atoms with Gasteiger partial charge in [-0.2, -0.15) is 0 Å². The maximum absolute atomic E-state index is 5.76. The van der Waals surface area contributed by atoms with Crippen molar-refractivity contribution in [2.75, 3.05) is 7.11 Å². The normalized spacial score (nSPS) is 12.5. The monoisotopic (exact) mass is 409 g/mol. The predicted octanol–water partition coefficient (Wildman–Crippen LogP) is 5.28. The molecule has 5 heteroatoms. The first-order valence-electron chi connectivity index (χ1n) is 6.49. The molecule has 3 aromatic rings. The smallest absolute Gasteiger partial charge is 0.196 e. The predicted molar refractivity (Wildman–Crippen MR) is 90.1 cm³/mol. The largest absolute Gasteiger partial charge is 0.496 e. The van der Waals surface area contributed by atoms with Gasteiger partial charge in [-0.3, -0.25) is 0 Å². The van der Waals surface area contributed by atoms with Gasteiger partial charge < -0.3 is 9.15 Å². The SMILES string of the molecule is COc1ccc(C(Br)Cc2nc3ccccc3o2)cc1Br. The summed E-state index contributed by atoms with van der Waals surface area (Å²) in [6, 6.07) is 13.8. The van der Waals surface area contributed by atoms with Gasteiger partial charge in [0.1, 0.15) is 11.3 Å². The molecule has 1 aromatic heterocycles. The molecule has 3 nitrogen and oxygen atoms in total. The van der Waals surface area contributed by atoms with E-state index in [2.05, 4.69) is 36.8 Å². The van der Waals surface area contributed by atoms with Crippen LogP contribution >= 0.6 is 31.9 Å². The van der Waals surface area contributed by atoms with Crippen molar-refractivity contribution in [1.29, 1.82) is 0 Å². The highest BCUT2D eigenvalue weighted by Crippen LogP contribution is 2.33. The van der Waals surface area contributed by atoms with Gasteiger partial charge in [-0.15, -0.1) is 0 Å². The van der Waals surface area contributed by atoms with E-state index in [1.807, 2.05) is 42.5 Å². The van der Waals surface area contributed by atoms with Crippen molar-refractivity contribution >= 4 is 43.0 Å². The zero-order valence-corrected chi connectivity index (χ0v) is 14.5. The molecule has 1 atom stereocenters. The summed E-state index contributed by atoms with van der Waals surface area (Å²) in [6.07, 6.45) is 0.688. The quantitative estimate of drug-likeness (QED) is 0.549. The second-order valence-corrected chi connectivity index (χ2v) is 6.60. The van der Waals surface area contributed by atoms with Gasteiger partial charge in [-0.1, -0.05) is 34.1 Å². The van der Waals surface area contributed by atoms with Gasteiger partial charge in [-0.05, 0) is 45.8 Å². The minimum Gasteiger partial charge on any atom is -0.496 e. The Morgan fingerprint density at radius 3 is 2.76 bits per heavy atom. The molecule has 108 valence electrons. The number of ether oxygens (including phenoxy) is 1. The minimum atomic E-state index is 0.132. The van der Waals surface area contributed by atoms with E-state index >= 15 is 0 Å². The van der Waals surface area contributed by atoms with Crippen LogP contribution in [0.25, 0.3) is 11.1 Å². The van der Waals surface area contributed by atoms with Crippen molar-refractivity contribution < 1.29 is 9.15 Å². The van der Waals surface area contributed by atoms with E-state index in [1.54, 1.807) is 7.11 Å². The second kappa shape index (κ2) is 6.20. The number of nitrogens with zero attached hydrogens (tertiary/aromatic N) is 1. The summed E-state index contributed by atoms with van der Waals surface area (Å²) in [5, 5.41) is 0. The van der Waals surface area contributed by atoms with E-state index in [0.29, 0.717) is 6.42 Å². The van der Waals surface area contributed by atoms with Crippen LogP contribution in [-0.2, 0) is 6.42 Å². The molecule has 0 saturated heterocycles. The van der Waals surface area contributed by atoms with Crippen LogP contribution in [-0.4, -0.2) is 12.1 Å². The number of fused-ring (bicyclic) bond motifs is 1. The molecule has 0 aliphatic carbocycles. The Bertz CT molecular complexity index is 737. The molecule has 21 heavy (non-hydrogen) atoms.